The smallest absolute Gasteiger partial charge is 0.222 e. The lowest BCUT2D eigenvalue weighted by molar-refractivity contribution is -0.135. The third kappa shape index (κ3) is 5.17. The van der Waals surface area contributed by atoms with E-state index in [4.69, 9.17) is 4.74 Å². The molecule has 0 aromatic heterocycles. The predicted octanol–water partition coefficient (Wildman–Crippen LogP) is 2.06. The molecule has 0 aromatic carbocycles. The summed E-state index contributed by atoms with van der Waals surface area (Å²) < 4.78 is 5.21. The number of nitrogens with zero attached hydrogens (tertiary/aromatic N) is 1. The zero-order chi connectivity index (χ0) is 11.3. The molecule has 0 aliphatic carbocycles. The number of rotatable bonds is 3. The maximum absolute atomic E-state index is 11.8. The first-order valence-corrected chi connectivity index (χ1v) is 5.84. The van der Waals surface area contributed by atoms with Crippen molar-refractivity contribution in [3.8, 4) is 0 Å². The molecule has 0 aromatic rings. The van der Waals surface area contributed by atoms with Crippen molar-refractivity contribution in [1.29, 1.82) is 0 Å². The molecule has 1 rings (SSSR count). The Bertz CT molecular complexity index is 202. The van der Waals surface area contributed by atoms with Gasteiger partial charge in [-0.1, -0.05) is 20.8 Å². The van der Waals surface area contributed by atoms with Crippen molar-refractivity contribution in [2.75, 3.05) is 26.3 Å². The Hall–Kier alpha value is -0.570. The van der Waals surface area contributed by atoms with Gasteiger partial charge in [-0.2, -0.15) is 0 Å². The molecule has 0 saturated carbocycles. The Labute approximate surface area is 92.8 Å². The van der Waals surface area contributed by atoms with Crippen molar-refractivity contribution >= 4 is 5.91 Å². The molecule has 0 N–H and O–H groups in total. The van der Waals surface area contributed by atoms with Crippen molar-refractivity contribution < 1.29 is 9.53 Å². The predicted molar refractivity (Wildman–Crippen MR) is 60.7 cm³/mol. The molecular weight excluding hydrogens is 190 g/mol. The van der Waals surface area contributed by atoms with Crippen LogP contribution >= 0.6 is 0 Å². The Kier molecular flexibility index (Phi) is 4.58. The maximum atomic E-state index is 11.8. The van der Waals surface area contributed by atoms with E-state index in [0.29, 0.717) is 31.0 Å². The summed E-state index contributed by atoms with van der Waals surface area (Å²) in [5, 5.41) is 0. The molecule has 3 heteroatoms. The topological polar surface area (TPSA) is 29.5 Å². The van der Waals surface area contributed by atoms with Crippen molar-refractivity contribution in [3.63, 3.8) is 0 Å². The van der Waals surface area contributed by atoms with E-state index in [0.717, 1.165) is 25.9 Å². The third-order valence-corrected chi connectivity index (χ3v) is 2.68. The van der Waals surface area contributed by atoms with Crippen LogP contribution in [0.1, 0.15) is 40.0 Å². The molecule has 88 valence electrons. The van der Waals surface area contributed by atoms with Gasteiger partial charge in [-0.25, -0.2) is 0 Å². The van der Waals surface area contributed by atoms with Crippen LogP contribution in [0.3, 0.4) is 0 Å². The fraction of sp³-hybridized carbons (Fsp3) is 0.917. The van der Waals surface area contributed by atoms with E-state index < -0.39 is 0 Å². The molecule has 1 heterocycles. The fourth-order valence-corrected chi connectivity index (χ4v) is 1.74. The molecule has 0 radical (unpaired) electrons. The van der Waals surface area contributed by atoms with Gasteiger partial charge in [-0.3, -0.25) is 4.79 Å². The Morgan fingerprint density at radius 3 is 2.40 bits per heavy atom. The quantitative estimate of drug-likeness (QED) is 0.718. The number of ether oxygens (including phenoxy) is 1. The van der Waals surface area contributed by atoms with Crippen LogP contribution in [0.25, 0.3) is 0 Å². The van der Waals surface area contributed by atoms with E-state index in [2.05, 4.69) is 20.8 Å². The molecule has 1 aliphatic heterocycles. The average Bonchev–Trinajstić information content (AvgIpc) is 2.17. The summed E-state index contributed by atoms with van der Waals surface area (Å²) in [5.41, 5.74) is 0.339. The minimum atomic E-state index is 0.294. The first kappa shape index (κ1) is 12.5. The zero-order valence-corrected chi connectivity index (χ0v) is 10.2. The van der Waals surface area contributed by atoms with E-state index >= 15 is 0 Å². The minimum absolute atomic E-state index is 0.294. The lowest BCUT2D eigenvalue weighted by Gasteiger charge is -2.27. The Balaban J connectivity index is 2.17. The SMILES string of the molecule is CC(C)(C)CCCC(=O)N1CCOCC1. The summed E-state index contributed by atoms with van der Waals surface area (Å²) in [5.74, 6) is 0.294. The molecule has 15 heavy (non-hydrogen) atoms. The highest BCUT2D eigenvalue weighted by molar-refractivity contribution is 5.76. The van der Waals surface area contributed by atoms with Gasteiger partial charge >= 0.3 is 0 Å². The van der Waals surface area contributed by atoms with E-state index in [1.54, 1.807) is 0 Å². The summed E-state index contributed by atoms with van der Waals surface area (Å²) >= 11 is 0. The summed E-state index contributed by atoms with van der Waals surface area (Å²) in [4.78, 5) is 13.7. The van der Waals surface area contributed by atoms with Gasteiger partial charge in [0.2, 0.25) is 5.91 Å². The lowest BCUT2D eigenvalue weighted by atomic mass is 9.90. The summed E-state index contributed by atoms with van der Waals surface area (Å²) in [6, 6.07) is 0. The van der Waals surface area contributed by atoms with Crippen LogP contribution in [0.4, 0.5) is 0 Å². The van der Waals surface area contributed by atoms with E-state index in [1.165, 1.54) is 0 Å². The highest BCUT2D eigenvalue weighted by Gasteiger charge is 2.17. The summed E-state index contributed by atoms with van der Waals surface area (Å²) in [6.07, 6.45) is 2.81. The molecule has 1 fully saturated rings. The van der Waals surface area contributed by atoms with Crippen LogP contribution in [-0.2, 0) is 9.53 Å². The zero-order valence-electron chi connectivity index (χ0n) is 10.2. The molecule has 0 spiro atoms. The van der Waals surface area contributed by atoms with E-state index in [1.807, 2.05) is 4.90 Å². The van der Waals surface area contributed by atoms with Gasteiger partial charge in [0.15, 0.2) is 0 Å². The van der Waals surface area contributed by atoms with Gasteiger partial charge in [-0.15, -0.1) is 0 Å². The number of hydrogen-bond acceptors (Lipinski definition) is 2. The highest BCUT2D eigenvalue weighted by atomic mass is 16.5. The number of carbonyl (C=O) groups is 1. The van der Waals surface area contributed by atoms with Crippen LogP contribution in [0, 0.1) is 5.41 Å². The van der Waals surface area contributed by atoms with Crippen LogP contribution in [0.2, 0.25) is 0 Å². The molecule has 3 nitrogen and oxygen atoms in total. The molecule has 0 atom stereocenters. The van der Waals surface area contributed by atoms with Crippen molar-refractivity contribution in [1.82, 2.24) is 4.90 Å². The molecule has 0 bridgehead atoms. The number of morpholine rings is 1. The van der Waals surface area contributed by atoms with Gasteiger partial charge in [0, 0.05) is 19.5 Å². The highest BCUT2D eigenvalue weighted by Crippen LogP contribution is 2.21. The largest absolute Gasteiger partial charge is 0.378 e. The first-order chi connectivity index (χ1) is 6.99. The normalized spacial score (nSPS) is 17.9. The van der Waals surface area contributed by atoms with Crippen LogP contribution in [0.15, 0.2) is 0 Å². The molecule has 1 saturated heterocycles. The number of hydrogen-bond donors (Lipinski definition) is 0. The van der Waals surface area contributed by atoms with Crippen LogP contribution < -0.4 is 0 Å². The Morgan fingerprint density at radius 2 is 1.87 bits per heavy atom. The first-order valence-electron chi connectivity index (χ1n) is 5.84. The standard InChI is InChI=1S/C12H23NO2/c1-12(2,3)6-4-5-11(14)13-7-9-15-10-8-13/h4-10H2,1-3H3. The Morgan fingerprint density at radius 1 is 1.27 bits per heavy atom. The monoisotopic (exact) mass is 213 g/mol. The van der Waals surface area contributed by atoms with E-state index in [9.17, 15) is 4.79 Å². The second-order valence-electron chi connectivity index (χ2n) is 5.41. The van der Waals surface area contributed by atoms with Crippen molar-refractivity contribution in [3.05, 3.63) is 0 Å². The van der Waals surface area contributed by atoms with Crippen LogP contribution in [-0.4, -0.2) is 37.1 Å². The second-order valence-corrected chi connectivity index (χ2v) is 5.41. The average molecular weight is 213 g/mol. The number of carbonyl (C=O) groups excluding carboxylic acids is 1. The molecule has 1 amide bonds. The number of amides is 1. The van der Waals surface area contributed by atoms with Gasteiger partial charge in [-0.05, 0) is 18.3 Å². The summed E-state index contributed by atoms with van der Waals surface area (Å²) in [6.45, 7) is 9.59. The van der Waals surface area contributed by atoms with E-state index in [-0.39, 0.29) is 0 Å². The second kappa shape index (κ2) is 5.50. The minimum Gasteiger partial charge on any atom is -0.378 e. The molecule has 1 aliphatic rings. The van der Waals surface area contributed by atoms with Gasteiger partial charge < -0.3 is 9.64 Å². The molecule has 0 unspecified atom stereocenters. The third-order valence-electron chi connectivity index (χ3n) is 2.68. The van der Waals surface area contributed by atoms with Crippen molar-refractivity contribution in [2.45, 2.75) is 40.0 Å². The van der Waals surface area contributed by atoms with Crippen molar-refractivity contribution in [2.24, 2.45) is 5.41 Å². The fourth-order valence-electron chi connectivity index (χ4n) is 1.74. The van der Waals surface area contributed by atoms with Gasteiger partial charge in [0.1, 0.15) is 0 Å². The van der Waals surface area contributed by atoms with Gasteiger partial charge in [0.25, 0.3) is 0 Å². The lowest BCUT2D eigenvalue weighted by Crippen LogP contribution is -2.40. The van der Waals surface area contributed by atoms with Crippen LogP contribution in [0.5, 0.6) is 0 Å². The maximum Gasteiger partial charge on any atom is 0.222 e. The molecular formula is C12H23NO2. The summed E-state index contributed by atoms with van der Waals surface area (Å²) in [7, 11) is 0. The van der Waals surface area contributed by atoms with Gasteiger partial charge in [0.05, 0.1) is 13.2 Å².